The number of benzene rings is 1. The predicted octanol–water partition coefficient (Wildman–Crippen LogP) is 1.97. The van der Waals surface area contributed by atoms with Crippen LogP contribution < -0.4 is 5.32 Å². The molecule has 0 unspecified atom stereocenters. The van der Waals surface area contributed by atoms with Crippen molar-refractivity contribution in [1.82, 2.24) is 14.8 Å². The lowest BCUT2D eigenvalue weighted by molar-refractivity contribution is -0.117. The van der Waals surface area contributed by atoms with Gasteiger partial charge < -0.3 is 15.0 Å². The van der Waals surface area contributed by atoms with Gasteiger partial charge in [0.05, 0.1) is 18.4 Å². The third-order valence-corrected chi connectivity index (χ3v) is 4.15. The van der Waals surface area contributed by atoms with E-state index < -0.39 is 0 Å². The Morgan fingerprint density at radius 3 is 2.50 bits per heavy atom. The molecule has 7 heteroatoms. The summed E-state index contributed by atoms with van der Waals surface area (Å²) >= 11 is 0. The Morgan fingerprint density at radius 2 is 1.81 bits per heavy atom. The Bertz CT molecular complexity index is 716. The number of carbonyl (C=O) groups excluding carboxylic acids is 2. The zero-order chi connectivity index (χ0) is 18.2. The molecule has 26 heavy (non-hydrogen) atoms. The van der Waals surface area contributed by atoms with E-state index in [4.69, 9.17) is 4.74 Å². The highest BCUT2D eigenvalue weighted by atomic mass is 16.6. The average molecular weight is 354 g/mol. The molecule has 0 atom stereocenters. The van der Waals surface area contributed by atoms with Crippen molar-refractivity contribution < 1.29 is 14.3 Å². The van der Waals surface area contributed by atoms with Gasteiger partial charge in [-0.3, -0.25) is 14.7 Å². The van der Waals surface area contributed by atoms with Crippen LogP contribution in [0.5, 0.6) is 0 Å². The van der Waals surface area contributed by atoms with Crippen molar-refractivity contribution in [3.05, 3.63) is 60.4 Å². The fraction of sp³-hybridized carbons (Fsp3) is 0.316. The summed E-state index contributed by atoms with van der Waals surface area (Å²) in [6.45, 7) is 2.94. The van der Waals surface area contributed by atoms with E-state index >= 15 is 0 Å². The standard InChI is InChI=1S/C19H22N4O3/c24-18(21-17-7-4-8-20-13-17)14-22-9-11-23(12-10-22)19(25)26-15-16-5-2-1-3-6-16/h1-8,13H,9-12,14-15H2,(H,21,24). The first-order valence-electron chi connectivity index (χ1n) is 8.58. The summed E-state index contributed by atoms with van der Waals surface area (Å²) in [5, 5.41) is 2.81. The van der Waals surface area contributed by atoms with Crippen molar-refractivity contribution in [1.29, 1.82) is 0 Å². The van der Waals surface area contributed by atoms with Gasteiger partial charge in [-0.05, 0) is 17.7 Å². The van der Waals surface area contributed by atoms with E-state index in [9.17, 15) is 9.59 Å². The highest BCUT2D eigenvalue weighted by molar-refractivity contribution is 5.92. The molecule has 2 heterocycles. The number of pyridine rings is 1. The van der Waals surface area contributed by atoms with Crippen molar-refractivity contribution in [3.63, 3.8) is 0 Å². The van der Waals surface area contributed by atoms with Crippen molar-refractivity contribution in [2.45, 2.75) is 6.61 Å². The summed E-state index contributed by atoms with van der Waals surface area (Å²) < 4.78 is 5.35. The molecule has 0 radical (unpaired) electrons. The summed E-state index contributed by atoms with van der Waals surface area (Å²) in [5.41, 5.74) is 1.65. The molecule has 136 valence electrons. The van der Waals surface area contributed by atoms with Crippen LogP contribution in [0.3, 0.4) is 0 Å². The first kappa shape index (κ1) is 17.9. The van der Waals surface area contributed by atoms with Crippen LogP contribution in [0.2, 0.25) is 0 Å². The van der Waals surface area contributed by atoms with Crippen molar-refractivity contribution in [3.8, 4) is 0 Å². The van der Waals surface area contributed by atoms with E-state index in [1.807, 2.05) is 35.2 Å². The topological polar surface area (TPSA) is 74.8 Å². The number of ether oxygens (including phenoxy) is 1. The molecule has 0 bridgehead atoms. The molecule has 1 aliphatic heterocycles. The second-order valence-corrected chi connectivity index (χ2v) is 6.09. The van der Waals surface area contributed by atoms with E-state index in [1.54, 1.807) is 29.4 Å². The molecule has 2 aromatic rings. The van der Waals surface area contributed by atoms with E-state index in [1.165, 1.54) is 0 Å². The van der Waals surface area contributed by atoms with Crippen LogP contribution in [0.4, 0.5) is 10.5 Å². The van der Waals surface area contributed by atoms with Crippen LogP contribution in [-0.2, 0) is 16.1 Å². The van der Waals surface area contributed by atoms with Gasteiger partial charge in [-0.25, -0.2) is 4.79 Å². The smallest absolute Gasteiger partial charge is 0.410 e. The van der Waals surface area contributed by atoms with Gasteiger partial charge in [0.1, 0.15) is 6.61 Å². The normalized spacial score (nSPS) is 14.7. The third kappa shape index (κ3) is 5.29. The van der Waals surface area contributed by atoms with Gasteiger partial charge in [-0.2, -0.15) is 0 Å². The van der Waals surface area contributed by atoms with Crippen molar-refractivity contribution >= 4 is 17.7 Å². The van der Waals surface area contributed by atoms with Crippen molar-refractivity contribution in [2.75, 3.05) is 38.0 Å². The van der Waals surface area contributed by atoms with E-state index in [0.717, 1.165) is 5.56 Å². The lowest BCUT2D eigenvalue weighted by Crippen LogP contribution is -2.50. The summed E-state index contributed by atoms with van der Waals surface area (Å²) in [5.74, 6) is -0.0851. The number of nitrogens with one attached hydrogen (secondary N) is 1. The number of hydrogen-bond acceptors (Lipinski definition) is 5. The van der Waals surface area contributed by atoms with Gasteiger partial charge >= 0.3 is 6.09 Å². The van der Waals surface area contributed by atoms with Gasteiger partial charge in [0.15, 0.2) is 0 Å². The van der Waals surface area contributed by atoms with Crippen LogP contribution >= 0.6 is 0 Å². The fourth-order valence-corrected chi connectivity index (χ4v) is 2.74. The maximum atomic E-state index is 12.1. The average Bonchev–Trinajstić information content (AvgIpc) is 2.68. The Hall–Kier alpha value is -2.93. The zero-order valence-electron chi connectivity index (χ0n) is 14.5. The summed E-state index contributed by atoms with van der Waals surface area (Å²) in [6, 6.07) is 13.2. The molecular weight excluding hydrogens is 332 g/mol. The molecule has 0 saturated carbocycles. The fourth-order valence-electron chi connectivity index (χ4n) is 2.74. The van der Waals surface area contributed by atoms with Gasteiger partial charge in [0, 0.05) is 32.4 Å². The Labute approximate surface area is 152 Å². The van der Waals surface area contributed by atoms with Crippen molar-refractivity contribution in [2.24, 2.45) is 0 Å². The number of hydrogen-bond donors (Lipinski definition) is 1. The molecule has 2 amide bonds. The lowest BCUT2D eigenvalue weighted by atomic mass is 10.2. The first-order chi connectivity index (χ1) is 12.7. The van der Waals surface area contributed by atoms with Gasteiger partial charge in [-0.15, -0.1) is 0 Å². The maximum absolute atomic E-state index is 12.1. The van der Waals surface area contributed by atoms with Gasteiger partial charge in [-0.1, -0.05) is 30.3 Å². The lowest BCUT2D eigenvalue weighted by Gasteiger charge is -2.33. The predicted molar refractivity (Wildman–Crippen MR) is 97.5 cm³/mol. The molecular formula is C19H22N4O3. The minimum atomic E-state index is -0.312. The first-order valence-corrected chi connectivity index (χ1v) is 8.58. The number of aromatic nitrogens is 1. The number of rotatable bonds is 5. The number of piperazine rings is 1. The molecule has 1 N–H and O–H groups in total. The Balaban J connectivity index is 1.38. The van der Waals surface area contributed by atoms with Crippen LogP contribution in [0, 0.1) is 0 Å². The Kier molecular flexibility index (Phi) is 6.16. The van der Waals surface area contributed by atoms with E-state index in [-0.39, 0.29) is 18.6 Å². The highest BCUT2D eigenvalue weighted by Gasteiger charge is 2.23. The molecule has 1 aromatic carbocycles. The van der Waals surface area contributed by atoms with Gasteiger partial charge in [0.2, 0.25) is 5.91 Å². The Morgan fingerprint density at radius 1 is 1.04 bits per heavy atom. The van der Waals surface area contributed by atoms with Crippen LogP contribution in [0.15, 0.2) is 54.9 Å². The molecule has 1 aromatic heterocycles. The van der Waals surface area contributed by atoms with Crippen LogP contribution in [0.1, 0.15) is 5.56 Å². The molecule has 1 fully saturated rings. The molecule has 0 spiro atoms. The minimum Gasteiger partial charge on any atom is -0.445 e. The van der Waals surface area contributed by atoms with Gasteiger partial charge in [0.25, 0.3) is 0 Å². The summed E-state index contributed by atoms with van der Waals surface area (Å²) in [7, 11) is 0. The third-order valence-electron chi connectivity index (χ3n) is 4.15. The number of nitrogens with zero attached hydrogens (tertiary/aromatic N) is 3. The molecule has 7 nitrogen and oxygen atoms in total. The second-order valence-electron chi connectivity index (χ2n) is 6.09. The van der Waals surface area contributed by atoms with E-state index in [2.05, 4.69) is 10.3 Å². The van der Waals surface area contributed by atoms with Crippen LogP contribution in [0.25, 0.3) is 0 Å². The summed E-state index contributed by atoms with van der Waals surface area (Å²) in [4.78, 5) is 31.9. The highest BCUT2D eigenvalue weighted by Crippen LogP contribution is 2.08. The number of amides is 2. The number of anilines is 1. The monoisotopic (exact) mass is 354 g/mol. The molecule has 3 rings (SSSR count). The largest absolute Gasteiger partial charge is 0.445 e. The summed E-state index contributed by atoms with van der Waals surface area (Å²) in [6.07, 6.45) is 2.96. The molecule has 1 saturated heterocycles. The SMILES string of the molecule is O=C(CN1CCN(C(=O)OCc2ccccc2)CC1)Nc1cccnc1. The zero-order valence-corrected chi connectivity index (χ0v) is 14.5. The quantitative estimate of drug-likeness (QED) is 0.889. The minimum absolute atomic E-state index is 0.0851. The molecule has 0 aliphatic carbocycles. The van der Waals surface area contributed by atoms with Crippen LogP contribution in [-0.4, -0.2) is 59.5 Å². The maximum Gasteiger partial charge on any atom is 0.410 e. The second kappa shape index (κ2) is 8.96. The number of carbonyl (C=O) groups is 2. The van der Waals surface area contributed by atoms with E-state index in [0.29, 0.717) is 38.4 Å². The molecule has 1 aliphatic rings.